The normalized spacial score (nSPS) is 19.1. The molecule has 0 unspecified atom stereocenters. The van der Waals surface area contributed by atoms with Crippen LogP contribution in [0.2, 0.25) is 0 Å². The van der Waals surface area contributed by atoms with E-state index in [1.807, 2.05) is 0 Å². The summed E-state index contributed by atoms with van der Waals surface area (Å²) in [6.07, 6.45) is 0.836. The van der Waals surface area contributed by atoms with E-state index in [0.717, 1.165) is 32.6 Å². The molecule has 0 spiro atoms. The van der Waals surface area contributed by atoms with E-state index in [-0.39, 0.29) is 0 Å². The molecule has 120 valence electrons. The van der Waals surface area contributed by atoms with Crippen molar-refractivity contribution in [1.29, 1.82) is 0 Å². The topological polar surface area (TPSA) is 55.9 Å². The summed E-state index contributed by atoms with van der Waals surface area (Å²) >= 11 is 0. The zero-order valence-electron chi connectivity index (χ0n) is 13.3. The minimum atomic E-state index is -3.28. The highest BCUT2D eigenvalue weighted by Gasteiger charge is 2.29. The SMILES string of the molecule is CCN1CCN(S(=O)(=O)N(C)CCCNC(C)C)CC1. The lowest BCUT2D eigenvalue weighted by molar-refractivity contribution is 0.190. The Morgan fingerprint density at radius 3 is 2.30 bits per heavy atom. The molecule has 0 aromatic heterocycles. The lowest BCUT2D eigenvalue weighted by Crippen LogP contribution is -2.52. The average molecular weight is 306 g/mol. The molecule has 1 saturated heterocycles. The molecular formula is C13H30N4O2S. The fourth-order valence-corrected chi connectivity index (χ4v) is 3.66. The van der Waals surface area contributed by atoms with E-state index in [9.17, 15) is 8.42 Å². The van der Waals surface area contributed by atoms with Crippen molar-refractivity contribution >= 4 is 10.2 Å². The molecule has 0 saturated carbocycles. The summed E-state index contributed by atoms with van der Waals surface area (Å²) in [5.74, 6) is 0. The second kappa shape index (κ2) is 8.29. The molecule has 1 heterocycles. The van der Waals surface area contributed by atoms with Crippen LogP contribution in [0.4, 0.5) is 0 Å². The fourth-order valence-electron chi connectivity index (χ4n) is 2.28. The third kappa shape index (κ3) is 5.29. The molecule has 20 heavy (non-hydrogen) atoms. The Labute approximate surface area is 124 Å². The second-order valence-electron chi connectivity index (χ2n) is 5.63. The highest BCUT2D eigenvalue weighted by molar-refractivity contribution is 7.86. The summed E-state index contributed by atoms with van der Waals surface area (Å²) in [5.41, 5.74) is 0. The molecule has 0 amide bonds. The molecule has 7 heteroatoms. The van der Waals surface area contributed by atoms with Crippen LogP contribution < -0.4 is 5.32 Å². The van der Waals surface area contributed by atoms with Crippen molar-refractivity contribution < 1.29 is 8.42 Å². The first kappa shape index (κ1) is 17.8. The first-order valence-corrected chi connectivity index (χ1v) is 8.94. The summed E-state index contributed by atoms with van der Waals surface area (Å²) < 4.78 is 27.9. The monoisotopic (exact) mass is 306 g/mol. The molecule has 1 rings (SSSR count). The van der Waals surface area contributed by atoms with Crippen molar-refractivity contribution in [3.8, 4) is 0 Å². The van der Waals surface area contributed by atoms with Crippen LogP contribution in [0.5, 0.6) is 0 Å². The highest BCUT2D eigenvalue weighted by atomic mass is 32.2. The Balaban J connectivity index is 2.39. The van der Waals surface area contributed by atoms with Crippen molar-refractivity contribution in [2.24, 2.45) is 0 Å². The highest BCUT2D eigenvalue weighted by Crippen LogP contribution is 2.11. The molecule has 0 bridgehead atoms. The molecule has 0 aromatic rings. The molecule has 0 aliphatic carbocycles. The maximum Gasteiger partial charge on any atom is 0.281 e. The second-order valence-corrected chi connectivity index (χ2v) is 7.66. The summed E-state index contributed by atoms with van der Waals surface area (Å²) in [4.78, 5) is 2.28. The van der Waals surface area contributed by atoms with Gasteiger partial charge >= 0.3 is 0 Å². The van der Waals surface area contributed by atoms with Crippen LogP contribution in [-0.2, 0) is 10.2 Å². The molecular weight excluding hydrogens is 276 g/mol. The van der Waals surface area contributed by atoms with Crippen LogP contribution in [-0.4, -0.2) is 80.8 Å². The van der Waals surface area contributed by atoms with Gasteiger partial charge in [0.2, 0.25) is 0 Å². The number of piperazine rings is 1. The zero-order valence-corrected chi connectivity index (χ0v) is 14.1. The molecule has 1 N–H and O–H groups in total. The van der Waals surface area contributed by atoms with Gasteiger partial charge in [0.05, 0.1) is 0 Å². The predicted molar refractivity (Wildman–Crippen MR) is 83.0 cm³/mol. The van der Waals surface area contributed by atoms with Gasteiger partial charge in [-0.1, -0.05) is 20.8 Å². The van der Waals surface area contributed by atoms with Crippen molar-refractivity contribution in [1.82, 2.24) is 18.8 Å². The largest absolute Gasteiger partial charge is 0.314 e. The van der Waals surface area contributed by atoms with E-state index in [1.54, 1.807) is 11.4 Å². The zero-order chi connectivity index (χ0) is 15.2. The summed E-state index contributed by atoms with van der Waals surface area (Å²) in [6, 6.07) is 0.444. The van der Waals surface area contributed by atoms with Gasteiger partial charge in [0.15, 0.2) is 0 Å². The quantitative estimate of drug-likeness (QED) is 0.651. The van der Waals surface area contributed by atoms with Gasteiger partial charge < -0.3 is 10.2 Å². The summed E-state index contributed by atoms with van der Waals surface area (Å²) in [7, 11) is -1.60. The van der Waals surface area contributed by atoms with Gasteiger partial charge in [0.25, 0.3) is 10.2 Å². The maximum absolute atomic E-state index is 12.4. The van der Waals surface area contributed by atoms with Crippen LogP contribution in [0.25, 0.3) is 0 Å². The van der Waals surface area contributed by atoms with Crippen LogP contribution in [0, 0.1) is 0 Å². The van der Waals surface area contributed by atoms with Crippen LogP contribution >= 0.6 is 0 Å². The number of rotatable bonds is 8. The van der Waals surface area contributed by atoms with E-state index in [2.05, 4.69) is 31.0 Å². The lowest BCUT2D eigenvalue weighted by Gasteiger charge is -2.35. The van der Waals surface area contributed by atoms with Crippen molar-refractivity contribution in [2.45, 2.75) is 33.2 Å². The first-order valence-electron chi connectivity index (χ1n) is 7.55. The number of nitrogens with zero attached hydrogens (tertiary/aromatic N) is 3. The van der Waals surface area contributed by atoms with E-state index < -0.39 is 10.2 Å². The minimum absolute atomic E-state index is 0.444. The van der Waals surface area contributed by atoms with Gasteiger partial charge in [-0.05, 0) is 19.5 Å². The Hall–Kier alpha value is -0.210. The maximum atomic E-state index is 12.4. The average Bonchev–Trinajstić information content (AvgIpc) is 2.43. The standard InChI is InChI=1S/C13H30N4O2S/c1-5-16-9-11-17(12-10-16)20(18,19)15(4)8-6-7-14-13(2)3/h13-14H,5-12H2,1-4H3. The number of hydrogen-bond acceptors (Lipinski definition) is 4. The van der Waals surface area contributed by atoms with Gasteiger partial charge in [-0.3, -0.25) is 0 Å². The number of nitrogens with one attached hydrogen (secondary N) is 1. The first-order chi connectivity index (χ1) is 9.37. The third-order valence-corrected chi connectivity index (χ3v) is 5.69. The van der Waals surface area contributed by atoms with Gasteiger partial charge in [0.1, 0.15) is 0 Å². The number of likely N-dealkylation sites (N-methyl/N-ethyl adjacent to an activating group) is 1. The Morgan fingerprint density at radius 2 is 1.80 bits per heavy atom. The van der Waals surface area contributed by atoms with E-state index in [4.69, 9.17) is 0 Å². The van der Waals surface area contributed by atoms with Crippen LogP contribution in [0.3, 0.4) is 0 Å². The minimum Gasteiger partial charge on any atom is -0.314 e. The van der Waals surface area contributed by atoms with Crippen LogP contribution in [0.15, 0.2) is 0 Å². The van der Waals surface area contributed by atoms with E-state index in [1.165, 1.54) is 4.31 Å². The molecule has 1 fully saturated rings. The van der Waals surface area contributed by atoms with Gasteiger partial charge in [0, 0.05) is 45.8 Å². The Bertz CT molecular complexity index is 365. The van der Waals surface area contributed by atoms with Gasteiger partial charge in [-0.2, -0.15) is 17.0 Å². The van der Waals surface area contributed by atoms with Crippen LogP contribution in [0.1, 0.15) is 27.2 Å². The number of hydrogen-bond donors (Lipinski definition) is 1. The smallest absolute Gasteiger partial charge is 0.281 e. The summed E-state index contributed by atoms with van der Waals surface area (Å²) in [5, 5.41) is 3.30. The van der Waals surface area contributed by atoms with E-state index in [0.29, 0.717) is 25.7 Å². The molecule has 1 aliphatic rings. The molecule has 0 radical (unpaired) electrons. The summed E-state index contributed by atoms with van der Waals surface area (Å²) in [6.45, 7) is 11.6. The molecule has 6 nitrogen and oxygen atoms in total. The predicted octanol–water partition coefficient (Wildman–Crippen LogP) is 0.189. The van der Waals surface area contributed by atoms with E-state index >= 15 is 0 Å². The molecule has 1 aliphatic heterocycles. The van der Waals surface area contributed by atoms with Gasteiger partial charge in [-0.15, -0.1) is 0 Å². The molecule has 0 aromatic carbocycles. The Morgan fingerprint density at radius 1 is 1.20 bits per heavy atom. The molecule has 0 atom stereocenters. The third-order valence-electron chi connectivity index (χ3n) is 3.70. The Kier molecular flexibility index (Phi) is 7.39. The van der Waals surface area contributed by atoms with Crippen molar-refractivity contribution in [3.05, 3.63) is 0 Å². The fraction of sp³-hybridized carbons (Fsp3) is 1.00. The van der Waals surface area contributed by atoms with Crippen molar-refractivity contribution in [2.75, 3.05) is 52.9 Å². The van der Waals surface area contributed by atoms with Crippen molar-refractivity contribution in [3.63, 3.8) is 0 Å². The van der Waals surface area contributed by atoms with Gasteiger partial charge in [-0.25, -0.2) is 0 Å². The lowest BCUT2D eigenvalue weighted by atomic mass is 10.3.